The van der Waals surface area contributed by atoms with Crippen LogP contribution in [0.2, 0.25) is 5.02 Å². The van der Waals surface area contributed by atoms with E-state index in [0.29, 0.717) is 29.5 Å². The standard InChI is InChI=1S/C27H33ClN2O4/c1-33-23-14-11-20(17-24(23)34-2)26-27(32)30(22-7-5-3-4-6-8-22)18-25(31)29(26)16-15-19-9-12-21(28)13-10-19/h9-14,17,22,26H,3-8,15-16,18H2,1-2H3/t26-/m0/s1. The molecule has 1 aliphatic carbocycles. The third-order valence-corrected chi connectivity index (χ3v) is 7.25. The Morgan fingerprint density at radius 3 is 2.24 bits per heavy atom. The lowest BCUT2D eigenvalue weighted by molar-refractivity contribution is -0.158. The van der Waals surface area contributed by atoms with E-state index in [2.05, 4.69) is 0 Å². The second kappa shape index (κ2) is 11.1. The van der Waals surface area contributed by atoms with Crippen LogP contribution in [0.15, 0.2) is 42.5 Å². The lowest BCUT2D eigenvalue weighted by Crippen LogP contribution is -2.58. The Kier molecular flexibility index (Phi) is 7.99. The van der Waals surface area contributed by atoms with E-state index in [1.165, 1.54) is 12.8 Å². The number of carbonyl (C=O) groups is 2. The number of methoxy groups -OCH3 is 2. The van der Waals surface area contributed by atoms with E-state index in [9.17, 15) is 9.59 Å². The molecule has 1 atom stereocenters. The number of hydrogen-bond donors (Lipinski definition) is 0. The number of benzene rings is 2. The zero-order valence-electron chi connectivity index (χ0n) is 20.0. The van der Waals surface area contributed by atoms with E-state index in [-0.39, 0.29) is 24.4 Å². The Bertz CT molecular complexity index is 1000. The van der Waals surface area contributed by atoms with Crippen LogP contribution in [-0.2, 0) is 16.0 Å². The molecule has 0 unspecified atom stereocenters. The van der Waals surface area contributed by atoms with Crippen molar-refractivity contribution < 1.29 is 19.1 Å². The second-order valence-electron chi connectivity index (χ2n) is 9.09. The minimum absolute atomic E-state index is 0.00479. The first-order valence-electron chi connectivity index (χ1n) is 12.1. The van der Waals surface area contributed by atoms with Gasteiger partial charge in [-0.05, 0) is 54.7 Å². The summed E-state index contributed by atoms with van der Waals surface area (Å²) in [6.45, 7) is 0.595. The van der Waals surface area contributed by atoms with Gasteiger partial charge in [-0.1, -0.05) is 55.5 Å². The van der Waals surface area contributed by atoms with E-state index in [0.717, 1.165) is 36.8 Å². The van der Waals surface area contributed by atoms with Gasteiger partial charge in [0.1, 0.15) is 12.6 Å². The molecule has 2 fully saturated rings. The number of carbonyl (C=O) groups excluding carboxylic acids is 2. The van der Waals surface area contributed by atoms with Gasteiger partial charge in [-0.2, -0.15) is 0 Å². The summed E-state index contributed by atoms with van der Waals surface area (Å²) in [5.41, 5.74) is 1.81. The number of hydrogen-bond acceptors (Lipinski definition) is 4. The molecule has 1 saturated carbocycles. The molecule has 0 bridgehead atoms. The van der Waals surface area contributed by atoms with E-state index >= 15 is 0 Å². The molecule has 0 radical (unpaired) electrons. The highest BCUT2D eigenvalue weighted by Crippen LogP contribution is 2.36. The molecule has 2 aromatic rings. The quantitative estimate of drug-likeness (QED) is 0.517. The highest BCUT2D eigenvalue weighted by molar-refractivity contribution is 6.30. The van der Waals surface area contributed by atoms with Crippen molar-refractivity contribution in [3.63, 3.8) is 0 Å². The van der Waals surface area contributed by atoms with Gasteiger partial charge in [0.05, 0.1) is 14.2 Å². The fourth-order valence-corrected chi connectivity index (χ4v) is 5.25. The van der Waals surface area contributed by atoms with Crippen LogP contribution in [-0.4, -0.2) is 55.0 Å². The van der Waals surface area contributed by atoms with Crippen LogP contribution < -0.4 is 9.47 Å². The van der Waals surface area contributed by atoms with Crippen molar-refractivity contribution in [2.24, 2.45) is 0 Å². The van der Waals surface area contributed by atoms with Crippen molar-refractivity contribution >= 4 is 23.4 Å². The molecule has 6 nitrogen and oxygen atoms in total. The number of nitrogens with zero attached hydrogens (tertiary/aromatic N) is 2. The van der Waals surface area contributed by atoms with Crippen molar-refractivity contribution in [1.82, 2.24) is 9.80 Å². The SMILES string of the molecule is COc1ccc([C@H]2C(=O)N(C3CCCCCC3)CC(=O)N2CCc2ccc(Cl)cc2)cc1OC. The summed E-state index contributed by atoms with van der Waals surface area (Å²) in [6.07, 6.45) is 7.15. The first-order valence-corrected chi connectivity index (χ1v) is 12.5. The van der Waals surface area contributed by atoms with Crippen molar-refractivity contribution in [2.45, 2.75) is 57.0 Å². The van der Waals surface area contributed by atoms with Gasteiger partial charge in [0, 0.05) is 17.6 Å². The topological polar surface area (TPSA) is 59.1 Å². The van der Waals surface area contributed by atoms with Crippen LogP contribution in [0, 0.1) is 0 Å². The average Bonchev–Trinajstić information content (AvgIpc) is 3.14. The monoisotopic (exact) mass is 484 g/mol. The average molecular weight is 485 g/mol. The third-order valence-electron chi connectivity index (χ3n) is 7.00. The van der Waals surface area contributed by atoms with Crippen LogP contribution in [0.4, 0.5) is 0 Å². The molecule has 2 aromatic carbocycles. The zero-order chi connectivity index (χ0) is 24.1. The summed E-state index contributed by atoms with van der Waals surface area (Å²) in [5.74, 6) is 1.12. The summed E-state index contributed by atoms with van der Waals surface area (Å²) < 4.78 is 10.9. The van der Waals surface area contributed by atoms with Crippen molar-refractivity contribution in [3.05, 3.63) is 58.6 Å². The summed E-state index contributed by atoms with van der Waals surface area (Å²) in [6, 6.07) is 12.5. The van der Waals surface area contributed by atoms with Crippen molar-refractivity contribution in [3.8, 4) is 11.5 Å². The fraction of sp³-hybridized carbons (Fsp3) is 0.481. The Morgan fingerprint density at radius 1 is 0.912 bits per heavy atom. The van der Waals surface area contributed by atoms with Gasteiger partial charge < -0.3 is 19.3 Å². The lowest BCUT2D eigenvalue weighted by Gasteiger charge is -2.43. The maximum absolute atomic E-state index is 13.9. The molecule has 0 N–H and O–H groups in total. The highest BCUT2D eigenvalue weighted by atomic mass is 35.5. The van der Waals surface area contributed by atoms with Gasteiger partial charge in [-0.15, -0.1) is 0 Å². The minimum atomic E-state index is -0.684. The lowest BCUT2D eigenvalue weighted by atomic mass is 9.96. The number of halogens is 1. The number of amides is 2. The molecule has 0 spiro atoms. The number of piperazine rings is 1. The molecule has 1 saturated heterocycles. The molecule has 7 heteroatoms. The van der Waals surface area contributed by atoms with Crippen LogP contribution in [0.3, 0.4) is 0 Å². The van der Waals surface area contributed by atoms with E-state index in [1.807, 2.05) is 41.3 Å². The highest BCUT2D eigenvalue weighted by Gasteiger charge is 2.42. The van der Waals surface area contributed by atoms with Gasteiger partial charge in [0.25, 0.3) is 5.91 Å². The first-order chi connectivity index (χ1) is 16.5. The van der Waals surface area contributed by atoms with Crippen LogP contribution >= 0.6 is 11.6 Å². The zero-order valence-corrected chi connectivity index (χ0v) is 20.7. The van der Waals surface area contributed by atoms with Gasteiger partial charge >= 0.3 is 0 Å². The normalized spacial score (nSPS) is 19.8. The minimum Gasteiger partial charge on any atom is -0.493 e. The van der Waals surface area contributed by atoms with Gasteiger partial charge in [0.15, 0.2) is 11.5 Å². The van der Waals surface area contributed by atoms with Crippen molar-refractivity contribution in [2.75, 3.05) is 27.3 Å². The second-order valence-corrected chi connectivity index (χ2v) is 9.53. The Balaban J connectivity index is 1.65. The molecule has 0 aromatic heterocycles. The first kappa shape index (κ1) is 24.4. The predicted molar refractivity (Wildman–Crippen MR) is 132 cm³/mol. The molecule has 1 aliphatic heterocycles. The number of ether oxygens (including phenoxy) is 2. The van der Waals surface area contributed by atoms with Gasteiger partial charge in [-0.3, -0.25) is 9.59 Å². The van der Waals surface area contributed by atoms with E-state index < -0.39 is 6.04 Å². The van der Waals surface area contributed by atoms with Crippen LogP contribution in [0.25, 0.3) is 0 Å². The molecular formula is C27H33ClN2O4. The molecule has 182 valence electrons. The van der Waals surface area contributed by atoms with Gasteiger partial charge in [-0.25, -0.2) is 0 Å². The molecule has 1 heterocycles. The molecule has 2 aliphatic rings. The Labute approximate surface area is 206 Å². The van der Waals surface area contributed by atoms with Crippen LogP contribution in [0.1, 0.15) is 55.7 Å². The molecule has 34 heavy (non-hydrogen) atoms. The molecule has 2 amide bonds. The summed E-state index contributed by atoms with van der Waals surface area (Å²) >= 11 is 6.02. The van der Waals surface area contributed by atoms with Crippen LogP contribution in [0.5, 0.6) is 11.5 Å². The Hall–Kier alpha value is -2.73. The maximum atomic E-state index is 13.9. The van der Waals surface area contributed by atoms with Crippen molar-refractivity contribution in [1.29, 1.82) is 0 Å². The molecule has 4 rings (SSSR count). The summed E-state index contributed by atoms with van der Waals surface area (Å²) in [5, 5.41) is 0.676. The summed E-state index contributed by atoms with van der Waals surface area (Å²) in [7, 11) is 3.16. The third kappa shape index (κ3) is 5.33. The van der Waals surface area contributed by atoms with E-state index in [1.54, 1.807) is 25.2 Å². The van der Waals surface area contributed by atoms with Gasteiger partial charge in [0.2, 0.25) is 5.91 Å². The number of rotatable bonds is 7. The fourth-order valence-electron chi connectivity index (χ4n) is 5.13. The smallest absolute Gasteiger partial charge is 0.250 e. The van der Waals surface area contributed by atoms with E-state index in [4.69, 9.17) is 21.1 Å². The summed E-state index contributed by atoms with van der Waals surface area (Å²) in [4.78, 5) is 31.0. The largest absolute Gasteiger partial charge is 0.493 e. The maximum Gasteiger partial charge on any atom is 0.250 e. The predicted octanol–water partition coefficient (Wildman–Crippen LogP) is 5.03. The molecular weight excluding hydrogens is 452 g/mol. The Morgan fingerprint density at radius 2 is 1.59 bits per heavy atom.